The zero-order valence-electron chi connectivity index (χ0n) is 10.9. The fraction of sp³-hybridized carbons (Fsp3) is 0.727. The third-order valence-corrected chi connectivity index (χ3v) is 5.85. The first kappa shape index (κ1) is 12.1. The zero-order chi connectivity index (χ0) is 12.1. The number of aryl methyl sites for hydroxylation is 2. The number of aromatic nitrogens is 2. The minimum Gasteiger partial charge on any atom is -0.421 e. The predicted octanol–water partition coefficient (Wildman–Crippen LogP) is 1.99. The second-order valence-corrected chi connectivity index (χ2v) is 7.69. The fourth-order valence-corrected chi connectivity index (χ4v) is 4.04. The molecule has 1 atom stereocenters. The lowest BCUT2D eigenvalue weighted by atomic mass is 9.82. The summed E-state index contributed by atoms with van der Waals surface area (Å²) in [5.41, 5.74) is 3.41. The van der Waals surface area contributed by atoms with Crippen LogP contribution in [0.1, 0.15) is 39.1 Å². The van der Waals surface area contributed by atoms with Gasteiger partial charge < -0.3 is 4.65 Å². The van der Waals surface area contributed by atoms with Crippen molar-refractivity contribution >= 4 is 20.6 Å². The van der Waals surface area contributed by atoms with Gasteiger partial charge in [-0.1, -0.05) is 13.8 Å². The molecule has 1 saturated heterocycles. The molecule has 0 spiro atoms. The van der Waals surface area contributed by atoms with Crippen LogP contribution in [-0.2, 0) is 4.65 Å². The van der Waals surface area contributed by atoms with Crippen LogP contribution >= 0.6 is 8.46 Å². The van der Waals surface area contributed by atoms with Crippen LogP contribution in [0.2, 0.25) is 0 Å². The van der Waals surface area contributed by atoms with E-state index in [1.807, 2.05) is 6.92 Å². The van der Waals surface area contributed by atoms with E-state index >= 15 is 0 Å². The molecule has 5 heteroatoms. The van der Waals surface area contributed by atoms with E-state index < -0.39 is 0 Å². The third-order valence-electron chi connectivity index (χ3n) is 3.86. The van der Waals surface area contributed by atoms with Gasteiger partial charge in [-0.15, -0.1) is 8.46 Å². The molecule has 1 aliphatic heterocycles. The second-order valence-electron chi connectivity index (χ2n) is 5.63. The van der Waals surface area contributed by atoms with Gasteiger partial charge in [-0.05, 0) is 33.2 Å². The summed E-state index contributed by atoms with van der Waals surface area (Å²) in [6, 6.07) is 0. The summed E-state index contributed by atoms with van der Waals surface area (Å²) >= 11 is 0. The van der Waals surface area contributed by atoms with Gasteiger partial charge in [-0.2, -0.15) is 5.10 Å². The Morgan fingerprint density at radius 2 is 1.88 bits per heavy atom. The van der Waals surface area contributed by atoms with Crippen LogP contribution in [0.3, 0.4) is 0 Å². The molecule has 2 heterocycles. The predicted molar refractivity (Wildman–Crippen MR) is 71.0 cm³/mol. The largest absolute Gasteiger partial charge is 0.421 e. The van der Waals surface area contributed by atoms with E-state index in [1.165, 1.54) is 5.46 Å². The number of H-pyrrole nitrogens is 1. The van der Waals surface area contributed by atoms with Crippen molar-refractivity contribution < 1.29 is 4.65 Å². The van der Waals surface area contributed by atoms with Crippen molar-refractivity contribution in [1.29, 1.82) is 0 Å². The summed E-state index contributed by atoms with van der Waals surface area (Å²) in [7, 11) is 0.783. The van der Waals surface area contributed by atoms with Crippen molar-refractivity contribution in [1.82, 2.24) is 10.2 Å². The lowest BCUT2D eigenvalue weighted by Gasteiger charge is -2.33. The van der Waals surface area contributed by atoms with E-state index in [2.05, 4.69) is 44.8 Å². The van der Waals surface area contributed by atoms with Crippen molar-refractivity contribution in [3.63, 3.8) is 0 Å². The second kappa shape index (κ2) is 3.58. The summed E-state index contributed by atoms with van der Waals surface area (Å²) in [5, 5.41) is 7.53. The van der Waals surface area contributed by atoms with Crippen molar-refractivity contribution in [2.75, 3.05) is 0 Å². The van der Waals surface area contributed by atoms with Crippen LogP contribution in [0.5, 0.6) is 0 Å². The molecule has 0 aliphatic carbocycles. The Balaban J connectivity index is 2.34. The molecule has 3 nitrogen and oxygen atoms in total. The highest BCUT2D eigenvalue weighted by Gasteiger charge is 2.50. The van der Waals surface area contributed by atoms with Crippen molar-refractivity contribution in [2.24, 2.45) is 0 Å². The number of nitrogens with zero attached hydrogens (tertiary/aromatic N) is 1. The summed E-state index contributed by atoms with van der Waals surface area (Å²) in [6.07, 6.45) is 0. The molecule has 0 aromatic carbocycles. The topological polar surface area (TPSA) is 37.9 Å². The summed E-state index contributed by atoms with van der Waals surface area (Å²) in [4.78, 5) is 0. The molecule has 1 aliphatic rings. The molecule has 0 bridgehead atoms. The SMILES string of the molecule is Cc1n[nH]c(C)c1B1OC(C)(C)C(C)(C)P1. The number of nitrogens with one attached hydrogen (secondary N) is 1. The Hall–Kier alpha value is -0.335. The molecule has 1 aromatic rings. The van der Waals surface area contributed by atoms with E-state index in [4.69, 9.17) is 4.65 Å². The molecule has 0 amide bonds. The van der Waals surface area contributed by atoms with Crippen LogP contribution in [-0.4, -0.2) is 27.6 Å². The van der Waals surface area contributed by atoms with Gasteiger partial charge in [-0.3, -0.25) is 5.10 Å². The van der Waals surface area contributed by atoms with E-state index in [-0.39, 0.29) is 17.4 Å². The van der Waals surface area contributed by atoms with Crippen molar-refractivity contribution in [3.05, 3.63) is 11.4 Å². The van der Waals surface area contributed by atoms with Gasteiger partial charge in [0.2, 0.25) is 0 Å². The van der Waals surface area contributed by atoms with Crippen LogP contribution in [0, 0.1) is 13.8 Å². The van der Waals surface area contributed by atoms with Gasteiger partial charge in [0.05, 0.1) is 11.3 Å². The minimum absolute atomic E-state index is 0.0632. The Morgan fingerprint density at radius 1 is 1.25 bits per heavy atom. The average molecular weight is 238 g/mol. The maximum absolute atomic E-state index is 6.22. The van der Waals surface area contributed by atoms with Crippen LogP contribution < -0.4 is 5.46 Å². The van der Waals surface area contributed by atoms with E-state index in [1.54, 1.807) is 0 Å². The lowest BCUT2D eigenvalue weighted by molar-refractivity contribution is 0.0933. The van der Waals surface area contributed by atoms with E-state index in [9.17, 15) is 0 Å². The van der Waals surface area contributed by atoms with Gasteiger partial charge in [0.25, 0.3) is 0 Å². The minimum atomic E-state index is -0.0632. The van der Waals surface area contributed by atoms with Crippen LogP contribution in [0.25, 0.3) is 0 Å². The molecule has 1 fully saturated rings. The molecule has 0 saturated carbocycles. The highest BCUT2D eigenvalue weighted by Crippen LogP contribution is 2.51. The zero-order valence-corrected chi connectivity index (χ0v) is 11.9. The first-order valence-electron chi connectivity index (χ1n) is 5.71. The van der Waals surface area contributed by atoms with Crippen molar-refractivity contribution in [3.8, 4) is 0 Å². The highest BCUT2D eigenvalue weighted by molar-refractivity contribution is 7.79. The first-order valence-corrected chi connectivity index (χ1v) is 6.79. The molecule has 0 radical (unpaired) electrons. The molecule has 16 heavy (non-hydrogen) atoms. The Bertz CT molecular complexity index is 379. The molecular weight excluding hydrogens is 218 g/mol. The van der Waals surface area contributed by atoms with E-state index in [0.717, 1.165) is 19.8 Å². The number of hydrogen-bond donors (Lipinski definition) is 1. The summed E-state index contributed by atoms with van der Waals surface area (Å²) in [5.74, 6) is 0. The Kier molecular flexibility index (Phi) is 2.71. The van der Waals surface area contributed by atoms with Gasteiger partial charge in [0.1, 0.15) is 0 Å². The van der Waals surface area contributed by atoms with E-state index in [0.29, 0.717) is 0 Å². The maximum atomic E-state index is 6.22. The third kappa shape index (κ3) is 1.72. The summed E-state index contributed by atoms with van der Waals surface area (Å²) < 4.78 is 6.22. The standard InChI is InChI=1S/C11H20BN2OP/c1-7-9(8(2)14-13-7)12-15-10(3,4)11(5,6)16-12/h16H,1-6H3,(H,13,14). The quantitative estimate of drug-likeness (QED) is 0.600. The normalized spacial score (nSPS) is 24.2. The fourth-order valence-electron chi connectivity index (χ4n) is 2.05. The monoisotopic (exact) mass is 238 g/mol. The highest BCUT2D eigenvalue weighted by atomic mass is 31.1. The van der Waals surface area contributed by atoms with Crippen LogP contribution in [0.4, 0.5) is 0 Å². The first-order chi connectivity index (χ1) is 7.24. The van der Waals surface area contributed by atoms with Gasteiger partial charge in [0, 0.05) is 10.9 Å². The smallest absolute Gasteiger partial charge is 0.357 e. The van der Waals surface area contributed by atoms with Crippen molar-refractivity contribution in [2.45, 2.75) is 52.3 Å². The maximum Gasteiger partial charge on any atom is 0.357 e. The van der Waals surface area contributed by atoms with Crippen LogP contribution in [0.15, 0.2) is 0 Å². The molecule has 2 rings (SSSR count). The molecule has 88 valence electrons. The number of aromatic amines is 1. The Morgan fingerprint density at radius 3 is 2.25 bits per heavy atom. The molecular formula is C11H20BN2OP. The van der Waals surface area contributed by atoms with Gasteiger partial charge >= 0.3 is 6.64 Å². The number of rotatable bonds is 1. The van der Waals surface area contributed by atoms with Gasteiger partial charge in [-0.25, -0.2) is 0 Å². The lowest BCUT2D eigenvalue weighted by Crippen LogP contribution is -2.40. The average Bonchev–Trinajstić information content (AvgIpc) is 2.52. The van der Waals surface area contributed by atoms with Gasteiger partial charge in [0.15, 0.2) is 0 Å². The molecule has 1 N–H and O–H groups in total. The molecule has 1 aromatic heterocycles. The molecule has 1 unspecified atom stereocenters. The Labute approximate surface area is 99.6 Å². The number of hydrogen-bond acceptors (Lipinski definition) is 2. The summed E-state index contributed by atoms with van der Waals surface area (Å²) in [6.45, 7) is 13.3.